The molecule has 68 valence electrons. The third kappa shape index (κ3) is 1.74. The van der Waals surface area contributed by atoms with Crippen LogP contribution in [0.4, 0.5) is 5.95 Å². The monoisotopic (exact) mass is 178 g/mol. The fourth-order valence-corrected chi connectivity index (χ4v) is 1.32. The van der Waals surface area contributed by atoms with Crippen LogP contribution < -0.4 is 5.32 Å². The second-order valence-electron chi connectivity index (χ2n) is 2.96. The molecule has 0 aliphatic heterocycles. The quantitative estimate of drug-likeness (QED) is 0.655. The Morgan fingerprint density at radius 2 is 2.31 bits per heavy atom. The molecule has 5 heteroatoms. The topological polar surface area (TPSA) is 70.7 Å². The summed E-state index contributed by atoms with van der Waals surface area (Å²) < 4.78 is 0. The van der Waals surface area contributed by atoms with Crippen molar-refractivity contribution in [2.24, 2.45) is 5.92 Å². The first kappa shape index (κ1) is 7.97. The van der Waals surface area contributed by atoms with Gasteiger partial charge in [-0.15, -0.1) is 0 Å². The van der Waals surface area contributed by atoms with E-state index in [0.717, 1.165) is 12.8 Å². The first-order valence-electron chi connectivity index (χ1n) is 4.17. The van der Waals surface area contributed by atoms with Gasteiger partial charge in [-0.1, -0.05) is 12.2 Å². The lowest BCUT2D eigenvalue weighted by atomic mass is 10.1. The zero-order chi connectivity index (χ0) is 9.10. The highest BCUT2D eigenvalue weighted by molar-refractivity contribution is 5.91. The first-order chi connectivity index (χ1) is 6.36. The first-order valence-corrected chi connectivity index (χ1v) is 4.17. The van der Waals surface area contributed by atoms with E-state index >= 15 is 0 Å². The summed E-state index contributed by atoms with van der Waals surface area (Å²) in [6, 6.07) is 0. The van der Waals surface area contributed by atoms with Gasteiger partial charge in [0.05, 0.1) is 0 Å². The number of nitrogens with one attached hydrogen (secondary N) is 2. The molecule has 0 atom stereocenters. The molecule has 0 spiro atoms. The van der Waals surface area contributed by atoms with Crippen molar-refractivity contribution in [3.63, 3.8) is 0 Å². The highest BCUT2D eigenvalue weighted by Gasteiger charge is 2.19. The van der Waals surface area contributed by atoms with E-state index in [0.29, 0.717) is 5.95 Å². The standard InChI is InChI=1S/C8H10N4O/c13-7(6-3-1-2-4-6)11-8-9-5-10-12-8/h1-2,5-6H,3-4H2,(H2,9,10,11,12,13). The lowest BCUT2D eigenvalue weighted by Gasteiger charge is -2.06. The largest absolute Gasteiger partial charge is 0.295 e. The third-order valence-corrected chi connectivity index (χ3v) is 2.04. The molecule has 13 heavy (non-hydrogen) atoms. The lowest BCUT2D eigenvalue weighted by molar-refractivity contribution is -0.119. The number of hydrogen-bond acceptors (Lipinski definition) is 3. The van der Waals surface area contributed by atoms with Gasteiger partial charge in [-0.25, -0.2) is 5.10 Å². The van der Waals surface area contributed by atoms with Crippen LogP contribution >= 0.6 is 0 Å². The molecule has 1 heterocycles. The van der Waals surface area contributed by atoms with Crippen LogP contribution in [0.25, 0.3) is 0 Å². The van der Waals surface area contributed by atoms with Gasteiger partial charge in [-0.05, 0) is 12.8 Å². The summed E-state index contributed by atoms with van der Waals surface area (Å²) in [5, 5.41) is 8.87. The molecule has 0 aromatic carbocycles. The van der Waals surface area contributed by atoms with Crippen molar-refractivity contribution in [1.29, 1.82) is 0 Å². The zero-order valence-electron chi connectivity index (χ0n) is 7.03. The van der Waals surface area contributed by atoms with E-state index < -0.39 is 0 Å². The maximum Gasteiger partial charge on any atom is 0.230 e. The third-order valence-electron chi connectivity index (χ3n) is 2.04. The van der Waals surface area contributed by atoms with Crippen LogP contribution in [0, 0.1) is 5.92 Å². The molecule has 0 unspecified atom stereocenters. The van der Waals surface area contributed by atoms with Crippen molar-refractivity contribution in [2.75, 3.05) is 5.32 Å². The molecule has 1 aliphatic carbocycles. The molecule has 5 nitrogen and oxygen atoms in total. The molecule has 1 aromatic rings. The highest BCUT2D eigenvalue weighted by Crippen LogP contribution is 2.18. The molecule has 2 N–H and O–H groups in total. The second kappa shape index (κ2) is 3.38. The van der Waals surface area contributed by atoms with E-state index in [1.807, 2.05) is 12.2 Å². The number of anilines is 1. The van der Waals surface area contributed by atoms with Gasteiger partial charge in [0, 0.05) is 5.92 Å². The summed E-state index contributed by atoms with van der Waals surface area (Å²) in [4.78, 5) is 15.3. The average molecular weight is 178 g/mol. The van der Waals surface area contributed by atoms with Gasteiger partial charge < -0.3 is 0 Å². The van der Waals surface area contributed by atoms with Crippen LogP contribution in [0.1, 0.15) is 12.8 Å². The van der Waals surface area contributed by atoms with Crippen molar-refractivity contribution in [3.05, 3.63) is 18.5 Å². The summed E-state index contributed by atoms with van der Waals surface area (Å²) in [7, 11) is 0. The number of H-pyrrole nitrogens is 1. The predicted molar refractivity (Wildman–Crippen MR) is 46.9 cm³/mol. The molecule has 2 rings (SSSR count). The number of hydrogen-bond donors (Lipinski definition) is 2. The molecule has 0 saturated heterocycles. The number of allylic oxidation sites excluding steroid dienone is 2. The highest BCUT2D eigenvalue weighted by atomic mass is 16.2. The van der Waals surface area contributed by atoms with E-state index in [4.69, 9.17) is 0 Å². The van der Waals surface area contributed by atoms with E-state index in [2.05, 4.69) is 20.5 Å². The Morgan fingerprint density at radius 1 is 1.54 bits per heavy atom. The van der Waals surface area contributed by atoms with Crippen molar-refractivity contribution in [2.45, 2.75) is 12.8 Å². The Morgan fingerprint density at radius 3 is 2.92 bits per heavy atom. The van der Waals surface area contributed by atoms with Gasteiger partial charge in [0.1, 0.15) is 6.33 Å². The number of aromatic amines is 1. The Hall–Kier alpha value is -1.65. The van der Waals surface area contributed by atoms with Gasteiger partial charge >= 0.3 is 0 Å². The van der Waals surface area contributed by atoms with E-state index in [9.17, 15) is 4.79 Å². The van der Waals surface area contributed by atoms with Crippen LogP contribution in [0.15, 0.2) is 18.5 Å². The Bertz CT molecular complexity index is 309. The number of rotatable bonds is 2. The molecule has 1 aromatic heterocycles. The number of amides is 1. The summed E-state index contributed by atoms with van der Waals surface area (Å²) >= 11 is 0. The Balaban J connectivity index is 1.92. The fourth-order valence-electron chi connectivity index (χ4n) is 1.32. The summed E-state index contributed by atoms with van der Waals surface area (Å²) in [6.07, 6.45) is 7.04. The van der Waals surface area contributed by atoms with E-state index in [1.165, 1.54) is 6.33 Å². The summed E-state index contributed by atoms with van der Waals surface area (Å²) in [6.45, 7) is 0. The van der Waals surface area contributed by atoms with Gasteiger partial charge in [0.15, 0.2) is 0 Å². The molecule has 0 saturated carbocycles. The van der Waals surface area contributed by atoms with Crippen molar-refractivity contribution >= 4 is 11.9 Å². The molecular weight excluding hydrogens is 168 g/mol. The Labute approximate surface area is 75.3 Å². The minimum atomic E-state index is 0.00162. The number of nitrogens with zero attached hydrogens (tertiary/aromatic N) is 2. The Kier molecular flexibility index (Phi) is 2.08. The van der Waals surface area contributed by atoms with Gasteiger partial charge in [-0.3, -0.25) is 10.1 Å². The van der Waals surface area contributed by atoms with Crippen LogP contribution in [-0.4, -0.2) is 21.1 Å². The van der Waals surface area contributed by atoms with Crippen molar-refractivity contribution in [3.8, 4) is 0 Å². The summed E-state index contributed by atoms with van der Waals surface area (Å²) in [5.41, 5.74) is 0. The molecular formula is C8H10N4O. The molecule has 0 radical (unpaired) electrons. The van der Waals surface area contributed by atoms with Crippen LogP contribution in [0.2, 0.25) is 0 Å². The fraction of sp³-hybridized carbons (Fsp3) is 0.375. The maximum absolute atomic E-state index is 11.5. The predicted octanol–water partition coefficient (Wildman–Crippen LogP) is 0.709. The molecule has 1 amide bonds. The summed E-state index contributed by atoms with van der Waals surface area (Å²) in [5.74, 6) is 0.476. The SMILES string of the molecule is O=C(Nc1ncn[nH]1)C1CC=CC1. The van der Waals surface area contributed by atoms with Crippen LogP contribution in [0.5, 0.6) is 0 Å². The normalized spacial score (nSPS) is 16.3. The minimum absolute atomic E-state index is 0.00162. The van der Waals surface area contributed by atoms with Gasteiger partial charge in [0.25, 0.3) is 0 Å². The molecule has 1 aliphatic rings. The zero-order valence-corrected chi connectivity index (χ0v) is 7.03. The van der Waals surface area contributed by atoms with Gasteiger partial charge in [0.2, 0.25) is 11.9 Å². The van der Waals surface area contributed by atoms with Crippen LogP contribution in [0.3, 0.4) is 0 Å². The van der Waals surface area contributed by atoms with E-state index in [-0.39, 0.29) is 11.8 Å². The molecule has 0 bridgehead atoms. The number of carbonyl (C=O) groups excluding carboxylic acids is 1. The van der Waals surface area contributed by atoms with Gasteiger partial charge in [-0.2, -0.15) is 10.1 Å². The molecule has 0 fully saturated rings. The van der Waals surface area contributed by atoms with Crippen molar-refractivity contribution < 1.29 is 4.79 Å². The minimum Gasteiger partial charge on any atom is -0.295 e. The van der Waals surface area contributed by atoms with Crippen LogP contribution in [-0.2, 0) is 4.79 Å². The lowest BCUT2D eigenvalue weighted by Crippen LogP contribution is -2.21. The van der Waals surface area contributed by atoms with E-state index in [1.54, 1.807) is 0 Å². The maximum atomic E-state index is 11.5. The van der Waals surface area contributed by atoms with Crippen molar-refractivity contribution in [1.82, 2.24) is 15.2 Å². The number of aromatic nitrogens is 3. The average Bonchev–Trinajstić information content (AvgIpc) is 2.74. The number of carbonyl (C=O) groups is 1. The second-order valence-corrected chi connectivity index (χ2v) is 2.96. The smallest absolute Gasteiger partial charge is 0.230 e.